The third-order valence-corrected chi connectivity index (χ3v) is 17.8. The van der Waals surface area contributed by atoms with E-state index in [4.69, 9.17) is 19.9 Å². The van der Waals surface area contributed by atoms with Crippen LogP contribution in [-0.4, -0.2) is 38.2 Å². The maximum atomic E-state index is 5.96. The molecule has 11 aromatic carbocycles. The van der Waals surface area contributed by atoms with Gasteiger partial charge in [0.25, 0.3) is 0 Å². The smallest absolute Gasteiger partial charge is 0.162 e. The van der Waals surface area contributed by atoms with Gasteiger partial charge in [0.05, 0.1) is 78.3 Å². The molecule has 0 amide bonds. The summed E-state index contributed by atoms with van der Waals surface area (Å²) in [5, 5.41) is 9.45. The van der Waals surface area contributed by atoms with Gasteiger partial charge in [-0.05, 0) is 102 Å². The summed E-state index contributed by atoms with van der Waals surface area (Å²) in [6.07, 6.45) is 7.81. The van der Waals surface area contributed by atoms with Crippen LogP contribution in [0.15, 0.2) is 304 Å². The minimum absolute atomic E-state index is 0.572. The van der Waals surface area contributed by atoms with Gasteiger partial charge in [0.2, 0.25) is 0 Å². The molecule has 7 heterocycles. The zero-order valence-corrected chi connectivity index (χ0v) is 47.4. The predicted octanol–water partition coefficient (Wildman–Crippen LogP) is 20.0. The van der Waals surface area contributed by atoms with Crippen molar-refractivity contribution in [1.82, 2.24) is 38.2 Å². The van der Waals surface area contributed by atoms with E-state index in [1.807, 2.05) is 24.8 Å². The standard InChI is InChI=1S/C80H50N8/c1-2-20-51(21-3-1)66-48-67(62-46-52(38-40-76(62)85-68-30-12-4-22-54(68)55-23-5-13-31-69(55)85)64-49-81-44-42-78(64)87-72-34-16-8-26-58(72)59-27-9-17-35-73(59)87)84-80(83-66)63-47-53(39-41-77(63)86-70-32-14-6-24-56(70)57-25-7-15-33-71(57)86)65-50-82-45-43-79(65)88-74-36-18-10-28-60(74)61-29-11-19-37-75(61)88/h1-50H. The zero-order chi connectivity index (χ0) is 57.8. The van der Waals surface area contributed by atoms with Crippen molar-refractivity contribution in [2.24, 2.45) is 0 Å². The van der Waals surface area contributed by atoms with Gasteiger partial charge in [-0.1, -0.05) is 188 Å². The molecule has 0 bridgehead atoms. The number of aromatic nitrogens is 8. The number of hydrogen-bond donors (Lipinski definition) is 0. The summed E-state index contributed by atoms with van der Waals surface area (Å²) in [4.78, 5) is 21.4. The fraction of sp³-hybridized carbons (Fsp3) is 0. The maximum Gasteiger partial charge on any atom is 0.162 e. The molecule has 0 spiro atoms. The van der Waals surface area contributed by atoms with E-state index < -0.39 is 0 Å². The van der Waals surface area contributed by atoms with E-state index in [1.165, 1.54) is 32.3 Å². The third-order valence-electron chi connectivity index (χ3n) is 17.8. The number of pyridine rings is 2. The van der Waals surface area contributed by atoms with Crippen molar-refractivity contribution in [3.63, 3.8) is 0 Å². The summed E-state index contributed by atoms with van der Waals surface area (Å²) in [6, 6.07) is 100. The first-order chi connectivity index (χ1) is 43.7. The van der Waals surface area contributed by atoms with Crippen LogP contribution in [0.3, 0.4) is 0 Å². The van der Waals surface area contributed by atoms with Crippen molar-refractivity contribution in [2.75, 3.05) is 0 Å². The van der Waals surface area contributed by atoms with Crippen molar-refractivity contribution in [2.45, 2.75) is 0 Å². The van der Waals surface area contributed by atoms with E-state index in [1.54, 1.807) is 0 Å². The molecule has 410 valence electrons. The molecule has 0 fully saturated rings. The second kappa shape index (κ2) is 19.8. The minimum Gasteiger partial charge on any atom is -0.309 e. The highest BCUT2D eigenvalue weighted by Gasteiger charge is 2.25. The Labute approximate surface area is 505 Å². The summed E-state index contributed by atoms with van der Waals surface area (Å²) in [5.74, 6) is 0.572. The summed E-state index contributed by atoms with van der Waals surface area (Å²) in [5.41, 5.74) is 21.1. The monoisotopic (exact) mass is 1120 g/mol. The molecule has 0 atom stereocenters. The zero-order valence-electron chi connectivity index (χ0n) is 47.4. The molecule has 0 saturated carbocycles. The molecule has 7 aromatic heterocycles. The van der Waals surface area contributed by atoms with Crippen LogP contribution in [-0.2, 0) is 0 Å². The topological polar surface area (TPSA) is 71.3 Å². The van der Waals surface area contributed by atoms with E-state index >= 15 is 0 Å². The highest BCUT2D eigenvalue weighted by molar-refractivity contribution is 6.13. The molecule has 0 saturated heterocycles. The predicted molar refractivity (Wildman–Crippen MR) is 362 cm³/mol. The van der Waals surface area contributed by atoms with Crippen LogP contribution in [0.4, 0.5) is 0 Å². The van der Waals surface area contributed by atoms with Crippen LogP contribution in [0.25, 0.3) is 166 Å². The van der Waals surface area contributed by atoms with Gasteiger partial charge in [-0.2, -0.15) is 0 Å². The largest absolute Gasteiger partial charge is 0.309 e. The Morgan fingerprint density at radius 3 is 0.875 bits per heavy atom. The second-order valence-electron chi connectivity index (χ2n) is 22.6. The fourth-order valence-corrected chi connectivity index (χ4v) is 14.0. The minimum atomic E-state index is 0.572. The van der Waals surface area contributed by atoms with Crippen molar-refractivity contribution in [3.05, 3.63) is 304 Å². The fourth-order valence-electron chi connectivity index (χ4n) is 14.0. The van der Waals surface area contributed by atoms with E-state index in [-0.39, 0.29) is 0 Å². The van der Waals surface area contributed by atoms with Crippen molar-refractivity contribution < 1.29 is 0 Å². The lowest BCUT2D eigenvalue weighted by Gasteiger charge is -2.20. The van der Waals surface area contributed by atoms with E-state index in [0.717, 1.165) is 128 Å². The molecule has 18 rings (SSSR count). The number of nitrogens with zero attached hydrogens (tertiary/aromatic N) is 8. The van der Waals surface area contributed by atoms with Crippen LogP contribution in [0.1, 0.15) is 0 Å². The first kappa shape index (κ1) is 49.4. The lowest BCUT2D eigenvalue weighted by molar-refractivity contribution is 1.13. The maximum absolute atomic E-state index is 5.96. The van der Waals surface area contributed by atoms with Crippen molar-refractivity contribution >= 4 is 87.2 Å². The molecule has 8 heteroatoms. The Balaban J connectivity index is 0.937. The molecule has 18 aromatic rings. The molecule has 0 aliphatic rings. The quantitative estimate of drug-likeness (QED) is 0.144. The van der Waals surface area contributed by atoms with Gasteiger partial charge in [-0.25, -0.2) is 9.97 Å². The Bertz CT molecular complexity index is 5290. The lowest BCUT2D eigenvalue weighted by Crippen LogP contribution is -2.04. The number of para-hydroxylation sites is 8. The van der Waals surface area contributed by atoms with Crippen molar-refractivity contribution in [1.29, 1.82) is 0 Å². The number of fused-ring (bicyclic) bond motifs is 12. The lowest BCUT2D eigenvalue weighted by atomic mass is 9.97. The first-order valence-corrected chi connectivity index (χ1v) is 29.8. The highest BCUT2D eigenvalue weighted by atomic mass is 15.0. The van der Waals surface area contributed by atoms with Gasteiger partial charge in [-0.15, -0.1) is 0 Å². The van der Waals surface area contributed by atoms with E-state index in [9.17, 15) is 0 Å². The molecule has 0 radical (unpaired) electrons. The van der Waals surface area contributed by atoms with Crippen LogP contribution in [0, 0.1) is 0 Å². The summed E-state index contributed by atoms with van der Waals surface area (Å²) in [6.45, 7) is 0. The molecular weight excluding hydrogens is 1070 g/mol. The van der Waals surface area contributed by atoms with Crippen LogP contribution in [0.5, 0.6) is 0 Å². The van der Waals surface area contributed by atoms with Gasteiger partial charge >= 0.3 is 0 Å². The van der Waals surface area contributed by atoms with E-state index in [0.29, 0.717) is 5.82 Å². The van der Waals surface area contributed by atoms with Gasteiger partial charge in [0.1, 0.15) is 0 Å². The third kappa shape index (κ3) is 7.59. The molecule has 8 nitrogen and oxygen atoms in total. The highest BCUT2D eigenvalue weighted by Crippen LogP contribution is 2.45. The molecule has 0 aliphatic carbocycles. The Kier molecular flexibility index (Phi) is 11.1. The molecule has 0 aliphatic heterocycles. The van der Waals surface area contributed by atoms with Gasteiger partial charge < -0.3 is 18.3 Å². The van der Waals surface area contributed by atoms with Crippen LogP contribution >= 0.6 is 0 Å². The number of benzene rings is 11. The normalized spacial score (nSPS) is 11.9. The first-order valence-electron chi connectivity index (χ1n) is 29.8. The van der Waals surface area contributed by atoms with Gasteiger partial charge in [0, 0.05) is 95.7 Å². The average Bonchev–Trinajstić information content (AvgIpc) is 2.14. The van der Waals surface area contributed by atoms with Gasteiger partial charge in [-0.3, -0.25) is 9.97 Å². The number of hydrogen-bond acceptors (Lipinski definition) is 4. The Morgan fingerprint density at radius 1 is 0.216 bits per heavy atom. The van der Waals surface area contributed by atoms with Crippen LogP contribution < -0.4 is 0 Å². The molecular formula is C80H50N8. The Morgan fingerprint density at radius 2 is 0.511 bits per heavy atom. The molecule has 88 heavy (non-hydrogen) atoms. The summed E-state index contributed by atoms with van der Waals surface area (Å²) < 4.78 is 9.57. The SMILES string of the molecule is c1ccc(-c2cc(-c3cc(-c4cnccc4-n4c5ccccc5c5ccccc54)ccc3-n3c4ccccc4c4ccccc43)nc(-c3cc(-c4cnccc4-n4c5ccccc5c5ccccc54)ccc3-n3c4ccccc4c4ccccc43)n2)cc1. The van der Waals surface area contributed by atoms with E-state index in [2.05, 4.69) is 297 Å². The summed E-state index contributed by atoms with van der Waals surface area (Å²) in [7, 11) is 0. The summed E-state index contributed by atoms with van der Waals surface area (Å²) >= 11 is 0. The molecule has 0 unspecified atom stereocenters. The second-order valence-corrected chi connectivity index (χ2v) is 22.6. The molecule has 0 N–H and O–H groups in total. The average molecular weight is 1120 g/mol. The van der Waals surface area contributed by atoms with Crippen LogP contribution in [0.2, 0.25) is 0 Å². The Hall–Kier alpha value is -12.0. The van der Waals surface area contributed by atoms with Gasteiger partial charge in [0.15, 0.2) is 5.82 Å². The number of rotatable bonds is 9. The van der Waals surface area contributed by atoms with Crippen molar-refractivity contribution in [3.8, 4) is 78.9 Å².